The standard InChI is InChI=1S/C14H16N6OS2/c1-9(13-15-10-6-4-5-7-11(10)23-13)19(2)12(21)8-22-14-16-17-18-20(14)3/h4-7,9H,8H2,1-3H3/t9-/m0/s1. The number of thioether (sulfide) groups is 1. The molecule has 1 amide bonds. The molecule has 2 aromatic heterocycles. The minimum atomic E-state index is -0.0712. The van der Waals surface area contributed by atoms with Crippen LogP contribution in [0.2, 0.25) is 0 Å². The summed E-state index contributed by atoms with van der Waals surface area (Å²) in [7, 11) is 3.55. The fourth-order valence-corrected chi connectivity index (χ4v) is 3.86. The molecule has 23 heavy (non-hydrogen) atoms. The monoisotopic (exact) mass is 348 g/mol. The molecule has 0 aliphatic heterocycles. The van der Waals surface area contributed by atoms with E-state index in [0.717, 1.165) is 15.2 Å². The van der Waals surface area contributed by atoms with Crippen LogP contribution in [0.15, 0.2) is 29.4 Å². The van der Waals surface area contributed by atoms with Gasteiger partial charge in [-0.25, -0.2) is 9.67 Å². The number of para-hydroxylation sites is 1. The highest BCUT2D eigenvalue weighted by atomic mass is 32.2. The maximum Gasteiger partial charge on any atom is 0.233 e. The van der Waals surface area contributed by atoms with Gasteiger partial charge in [0.2, 0.25) is 11.1 Å². The van der Waals surface area contributed by atoms with E-state index in [9.17, 15) is 4.79 Å². The lowest BCUT2D eigenvalue weighted by atomic mass is 10.3. The number of carbonyl (C=O) groups is 1. The smallest absolute Gasteiger partial charge is 0.233 e. The summed E-state index contributed by atoms with van der Waals surface area (Å²) in [6, 6.07) is 7.92. The number of rotatable bonds is 5. The van der Waals surface area contributed by atoms with Crippen molar-refractivity contribution in [3.05, 3.63) is 29.3 Å². The maximum absolute atomic E-state index is 12.4. The van der Waals surface area contributed by atoms with Crippen molar-refractivity contribution in [2.75, 3.05) is 12.8 Å². The maximum atomic E-state index is 12.4. The van der Waals surface area contributed by atoms with Gasteiger partial charge in [-0.3, -0.25) is 4.79 Å². The quantitative estimate of drug-likeness (QED) is 0.658. The molecule has 7 nitrogen and oxygen atoms in total. The third-order valence-electron chi connectivity index (χ3n) is 3.55. The van der Waals surface area contributed by atoms with Crippen LogP contribution in [0.25, 0.3) is 10.2 Å². The van der Waals surface area contributed by atoms with Crippen molar-refractivity contribution in [1.82, 2.24) is 30.1 Å². The van der Waals surface area contributed by atoms with E-state index in [-0.39, 0.29) is 11.9 Å². The van der Waals surface area contributed by atoms with Crippen LogP contribution in [0.4, 0.5) is 0 Å². The van der Waals surface area contributed by atoms with Crippen molar-refractivity contribution in [2.45, 2.75) is 18.1 Å². The molecule has 2 heterocycles. The predicted octanol–water partition coefficient (Wildman–Crippen LogP) is 2.13. The first-order chi connectivity index (χ1) is 11.1. The van der Waals surface area contributed by atoms with Crippen LogP contribution in [0, 0.1) is 0 Å². The summed E-state index contributed by atoms with van der Waals surface area (Å²) in [5.41, 5.74) is 0.972. The number of tetrazole rings is 1. The second-order valence-corrected chi connectivity index (χ2v) is 7.08. The highest BCUT2D eigenvalue weighted by molar-refractivity contribution is 7.99. The van der Waals surface area contributed by atoms with E-state index in [2.05, 4.69) is 20.5 Å². The summed E-state index contributed by atoms with van der Waals surface area (Å²) in [4.78, 5) is 18.7. The summed E-state index contributed by atoms with van der Waals surface area (Å²) in [5.74, 6) is 0.310. The van der Waals surface area contributed by atoms with Crippen molar-refractivity contribution >= 4 is 39.2 Å². The number of carbonyl (C=O) groups excluding carboxylic acids is 1. The lowest BCUT2D eigenvalue weighted by Gasteiger charge is -2.22. The molecule has 0 unspecified atom stereocenters. The van der Waals surface area contributed by atoms with Gasteiger partial charge in [0.25, 0.3) is 0 Å². The average molecular weight is 348 g/mol. The lowest BCUT2D eigenvalue weighted by Crippen LogP contribution is -2.31. The van der Waals surface area contributed by atoms with Gasteiger partial charge in [-0.1, -0.05) is 23.9 Å². The van der Waals surface area contributed by atoms with Gasteiger partial charge in [0.1, 0.15) is 5.01 Å². The van der Waals surface area contributed by atoms with E-state index in [0.29, 0.717) is 10.9 Å². The van der Waals surface area contributed by atoms with Crippen molar-refractivity contribution in [3.63, 3.8) is 0 Å². The van der Waals surface area contributed by atoms with Gasteiger partial charge in [0.15, 0.2) is 0 Å². The van der Waals surface area contributed by atoms with Crippen LogP contribution in [-0.2, 0) is 11.8 Å². The summed E-state index contributed by atoms with van der Waals surface area (Å²) < 4.78 is 2.68. The Hall–Kier alpha value is -2.00. The van der Waals surface area contributed by atoms with Gasteiger partial charge in [0, 0.05) is 14.1 Å². The van der Waals surface area contributed by atoms with Crippen LogP contribution in [0.3, 0.4) is 0 Å². The zero-order valence-corrected chi connectivity index (χ0v) is 14.6. The number of aryl methyl sites for hydroxylation is 1. The molecular weight excluding hydrogens is 332 g/mol. The Balaban J connectivity index is 1.67. The third kappa shape index (κ3) is 3.35. The molecule has 1 atom stereocenters. The van der Waals surface area contributed by atoms with Crippen molar-refractivity contribution in [1.29, 1.82) is 0 Å². The Kier molecular flexibility index (Phi) is 4.58. The molecule has 1 aromatic carbocycles. The van der Waals surface area contributed by atoms with E-state index in [4.69, 9.17) is 0 Å². The summed E-state index contributed by atoms with van der Waals surface area (Å²) >= 11 is 2.95. The average Bonchev–Trinajstić information content (AvgIpc) is 3.17. The fraction of sp³-hybridized carbons (Fsp3) is 0.357. The number of nitrogens with zero attached hydrogens (tertiary/aromatic N) is 6. The van der Waals surface area contributed by atoms with Crippen LogP contribution in [0.5, 0.6) is 0 Å². The van der Waals surface area contributed by atoms with Crippen LogP contribution in [-0.4, -0.2) is 48.8 Å². The number of hydrogen-bond acceptors (Lipinski definition) is 7. The second kappa shape index (κ2) is 6.63. The van der Waals surface area contributed by atoms with E-state index in [1.807, 2.05) is 31.2 Å². The molecule has 0 saturated carbocycles. The molecule has 9 heteroatoms. The zero-order valence-electron chi connectivity index (χ0n) is 13.0. The molecule has 0 bridgehead atoms. The third-order valence-corrected chi connectivity index (χ3v) is 5.75. The highest BCUT2D eigenvalue weighted by Gasteiger charge is 2.21. The number of aromatic nitrogens is 5. The van der Waals surface area contributed by atoms with Crippen molar-refractivity contribution in [3.8, 4) is 0 Å². The van der Waals surface area contributed by atoms with E-state index < -0.39 is 0 Å². The van der Waals surface area contributed by atoms with Gasteiger partial charge in [-0.05, 0) is 29.5 Å². The van der Waals surface area contributed by atoms with E-state index in [1.165, 1.54) is 11.8 Å². The normalized spacial score (nSPS) is 12.5. The Morgan fingerprint density at radius 2 is 2.22 bits per heavy atom. The van der Waals surface area contributed by atoms with Crippen LogP contribution in [0.1, 0.15) is 18.0 Å². The molecule has 3 rings (SSSR count). The summed E-state index contributed by atoms with van der Waals surface area (Å²) in [5, 5.41) is 12.7. The molecular formula is C14H16N6OS2. The molecule has 0 spiro atoms. The predicted molar refractivity (Wildman–Crippen MR) is 90.3 cm³/mol. The minimum absolute atomic E-state index is 0.0183. The summed E-state index contributed by atoms with van der Waals surface area (Å²) in [6.07, 6.45) is 0. The molecule has 0 fully saturated rings. The lowest BCUT2D eigenvalue weighted by molar-refractivity contribution is -0.128. The zero-order chi connectivity index (χ0) is 16.4. The number of thiazole rings is 1. The van der Waals surface area contributed by atoms with Gasteiger partial charge in [-0.2, -0.15) is 0 Å². The SMILES string of the molecule is C[C@@H](c1nc2ccccc2s1)N(C)C(=O)CSc1nnnn1C. The molecule has 0 aliphatic rings. The van der Waals surface area contributed by atoms with E-state index in [1.54, 1.807) is 35.0 Å². The van der Waals surface area contributed by atoms with E-state index >= 15 is 0 Å². The first kappa shape index (κ1) is 15.9. The van der Waals surface area contributed by atoms with Gasteiger partial charge < -0.3 is 4.90 Å². The van der Waals surface area contributed by atoms with Crippen LogP contribution < -0.4 is 0 Å². The number of hydrogen-bond donors (Lipinski definition) is 0. The Morgan fingerprint density at radius 3 is 2.91 bits per heavy atom. The fourth-order valence-electron chi connectivity index (χ4n) is 2.02. The Labute approximate surface area is 141 Å². The molecule has 120 valence electrons. The Bertz CT molecular complexity index is 796. The van der Waals surface area contributed by atoms with Gasteiger partial charge >= 0.3 is 0 Å². The second-order valence-electron chi connectivity index (χ2n) is 5.07. The largest absolute Gasteiger partial charge is 0.336 e. The summed E-state index contributed by atoms with van der Waals surface area (Å²) in [6.45, 7) is 1.99. The first-order valence-corrected chi connectivity index (χ1v) is 8.82. The molecule has 0 saturated heterocycles. The number of amides is 1. The molecule has 0 aliphatic carbocycles. The Morgan fingerprint density at radius 1 is 1.43 bits per heavy atom. The topological polar surface area (TPSA) is 76.8 Å². The van der Waals surface area contributed by atoms with Gasteiger partial charge in [-0.15, -0.1) is 16.4 Å². The number of fused-ring (bicyclic) bond motifs is 1. The molecule has 0 radical (unpaired) electrons. The van der Waals surface area contributed by atoms with Crippen LogP contribution >= 0.6 is 23.1 Å². The van der Waals surface area contributed by atoms with Crippen molar-refractivity contribution in [2.24, 2.45) is 7.05 Å². The molecule has 0 N–H and O–H groups in total. The highest BCUT2D eigenvalue weighted by Crippen LogP contribution is 2.29. The van der Waals surface area contributed by atoms with Crippen molar-refractivity contribution < 1.29 is 4.79 Å². The number of benzene rings is 1. The molecule has 3 aromatic rings. The first-order valence-electron chi connectivity index (χ1n) is 7.02. The van der Waals surface area contributed by atoms with Gasteiger partial charge in [0.05, 0.1) is 22.0 Å². The minimum Gasteiger partial charge on any atom is -0.336 e.